The van der Waals surface area contributed by atoms with Crippen LogP contribution in [0, 0.1) is 0 Å². The molecule has 1 aromatic rings. The summed E-state index contributed by atoms with van der Waals surface area (Å²) in [7, 11) is -1.45. The zero-order valence-corrected chi connectivity index (χ0v) is 11.7. The molecule has 102 valence electrons. The van der Waals surface area contributed by atoms with E-state index in [4.69, 9.17) is 0 Å². The zero-order chi connectivity index (χ0) is 13.2. The zero-order valence-electron chi connectivity index (χ0n) is 10.8. The van der Waals surface area contributed by atoms with Crippen LogP contribution in [-0.2, 0) is 10.0 Å². The number of nitrogens with zero attached hydrogens (tertiary/aromatic N) is 3. The summed E-state index contributed by atoms with van der Waals surface area (Å²) in [6.45, 7) is 4.29. The van der Waals surface area contributed by atoms with Gasteiger partial charge in [0.25, 0.3) is 10.0 Å². The van der Waals surface area contributed by atoms with Crippen molar-refractivity contribution in [1.82, 2.24) is 19.2 Å². The van der Waals surface area contributed by atoms with Crippen molar-refractivity contribution >= 4 is 10.0 Å². The minimum Gasteiger partial charge on any atom is -0.334 e. The van der Waals surface area contributed by atoms with Crippen LogP contribution in [0.15, 0.2) is 17.6 Å². The maximum Gasteiger partial charge on any atom is 0.277 e. The van der Waals surface area contributed by atoms with E-state index in [9.17, 15) is 8.42 Å². The molecule has 1 aliphatic heterocycles. The van der Waals surface area contributed by atoms with Gasteiger partial charge in [-0.3, -0.25) is 0 Å². The van der Waals surface area contributed by atoms with Crippen molar-refractivity contribution in [2.75, 3.05) is 26.7 Å². The molecule has 0 bridgehead atoms. The Balaban J connectivity index is 2.30. The molecule has 2 rings (SSSR count). The fourth-order valence-electron chi connectivity index (χ4n) is 2.37. The Morgan fingerprint density at radius 2 is 2.28 bits per heavy atom. The van der Waals surface area contributed by atoms with Gasteiger partial charge in [-0.05, 0) is 26.4 Å². The summed E-state index contributed by atoms with van der Waals surface area (Å²) in [6.07, 6.45) is 4.67. The molecule has 0 amide bonds. The molecule has 0 saturated carbocycles. The molecular weight excluding hydrogens is 252 g/mol. The van der Waals surface area contributed by atoms with Crippen LogP contribution in [-0.4, -0.2) is 60.3 Å². The molecule has 0 spiro atoms. The molecule has 1 saturated heterocycles. The minimum absolute atomic E-state index is 0.0209. The first-order chi connectivity index (χ1) is 8.55. The molecule has 1 N–H and O–H groups in total. The van der Waals surface area contributed by atoms with Gasteiger partial charge in [0.2, 0.25) is 5.16 Å². The van der Waals surface area contributed by atoms with Gasteiger partial charge in [0.05, 0.1) is 0 Å². The van der Waals surface area contributed by atoms with E-state index in [0.29, 0.717) is 6.54 Å². The van der Waals surface area contributed by atoms with Crippen LogP contribution in [0.2, 0.25) is 0 Å². The number of hydrogen-bond acceptors (Lipinski definition) is 4. The summed E-state index contributed by atoms with van der Waals surface area (Å²) in [5.74, 6) is 0. The first-order valence-corrected chi connectivity index (χ1v) is 7.69. The smallest absolute Gasteiger partial charge is 0.277 e. The number of aromatic amines is 1. The van der Waals surface area contributed by atoms with Crippen molar-refractivity contribution in [3.05, 3.63) is 12.4 Å². The molecule has 1 aromatic heterocycles. The van der Waals surface area contributed by atoms with Crippen LogP contribution in [0.4, 0.5) is 0 Å². The van der Waals surface area contributed by atoms with Gasteiger partial charge < -0.3 is 9.88 Å². The van der Waals surface area contributed by atoms with Crippen LogP contribution >= 0.6 is 0 Å². The largest absolute Gasteiger partial charge is 0.334 e. The van der Waals surface area contributed by atoms with Gasteiger partial charge in [0.15, 0.2) is 0 Å². The van der Waals surface area contributed by atoms with E-state index >= 15 is 0 Å². The molecule has 0 aliphatic carbocycles. The second-order valence-corrected chi connectivity index (χ2v) is 6.49. The number of likely N-dealkylation sites (N-methyl/N-ethyl adjacent to an activating group) is 1. The maximum absolute atomic E-state index is 12.5. The Labute approximate surface area is 108 Å². The highest BCUT2D eigenvalue weighted by molar-refractivity contribution is 7.89. The molecule has 0 aromatic carbocycles. The Hall–Kier alpha value is -0.920. The lowest BCUT2D eigenvalue weighted by Gasteiger charge is -2.28. The predicted octanol–water partition coefficient (Wildman–Crippen LogP) is 0.515. The molecule has 6 nitrogen and oxygen atoms in total. The number of rotatable bonds is 3. The second-order valence-electron chi connectivity index (χ2n) is 4.69. The summed E-state index contributed by atoms with van der Waals surface area (Å²) in [4.78, 5) is 8.77. The first-order valence-electron chi connectivity index (χ1n) is 6.25. The fourth-order valence-corrected chi connectivity index (χ4v) is 3.98. The molecule has 2 heterocycles. The van der Waals surface area contributed by atoms with Gasteiger partial charge in [-0.15, -0.1) is 0 Å². The van der Waals surface area contributed by atoms with Gasteiger partial charge in [0.1, 0.15) is 0 Å². The Kier molecular flexibility index (Phi) is 4.04. The molecule has 1 fully saturated rings. The lowest BCUT2D eigenvalue weighted by Crippen LogP contribution is -2.43. The average molecular weight is 272 g/mol. The predicted molar refractivity (Wildman–Crippen MR) is 68.7 cm³/mol. The third kappa shape index (κ3) is 2.57. The van der Waals surface area contributed by atoms with Gasteiger partial charge in [-0.25, -0.2) is 13.4 Å². The third-order valence-corrected chi connectivity index (χ3v) is 5.16. The van der Waals surface area contributed by atoms with E-state index in [1.807, 2.05) is 14.0 Å². The molecule has 7 heteroatoms. The summed E-state index contributed by atoms with van der Waals surface area (Å²) in [6, 6.07) is 0.0209. The highest BCUT2D eigenvalue weighted by Gasteiger charge is 2.34. The van der Waals surface area contributed by atoms with E-state index in [2.05, 4.69) is 14.9 Å². The van der Waals surface area contributed by atoms with Crippen molar-refractivity contribution in [3.8, 4) is 0 Å². The number of sulfonamides is 1. The maximum atomic E-state index is 12.5. The normalized spacial score (nSPS) is 24.0. The van der Waals surface area contributed by atoms with E-state index in [1.54, 1.807) is 4.31 Å². The topological polar surface area (TPSA) is 69.3 Å². The number of aromatic nitrogens is 2. The molecule has 1 unspecified atom stereocenters. The van der Waals surface area contributed by atoms with Crippen LogP contribution in [0.1, 0.15) is 19.8 Å². The van der Waals surface area contributed by atoms with E-state index in [-0.39, 0.29) is 11.2 Å². The van der Waals surface area contributed by atoms with Crippen LogP contribution in [0.3, 0.4) is 0 Å². The van der Waals surface area contributed by atoms with Crippen molar-refractivity contribution in [3.63, 3.8) is 0 Å². The number of H-pyrrole nitrogens is 1. The Morgan fingerprint density at radius 1 is 1.50 bits per heavy atom. The SMILES string of the molecule is CCC1CN(C)CCCN1S(=O)(=O)c1ncc[nH]1. The van der Waals surface area contributed by atoms with Crippen molar-refractivity contribution in [1.29, 1.82) is 0 Å². The number of imidazole rings is 1. The van der Waals surface area contributed by atoms with Crippen LogP contribution < -0.4 is 0 Å². The highest BCUT2D eigenvalue weighted by Crippen LogP contribution is 2.20. The Morgan fingerprint density at radius 3 is 2.89 bits per heavy atom. The Bertz CT molecular complexity index is 471. The van der Waals surface area contributed by atoms with Crippen molar-refractivity contribution in [2.24, 2.45) is 0 Å². The number of nitrogens with one attached hydrogen (secondary N) is 1. The summed E-state index contributed by atoms with van der Waals surface area (Å²) >= 11 is 0. The van der Waals surface area contributed by atoms with Gasteiger partial charge in [0, 0.05) is 31.5 Å². The van der Waals surface area contributed by atoms with Crippen molar-refractivity contribution < 1.29 is 8.42 Å². The van der Waals surface area contributed by atoms with Crippen molar-refractivity contribution in [2.45, 2.75) is 31.0 Å². The molecule has 0 radical (unpaired) electrons. The van der Waals surface area contributed by atoms with E-state index < -0.39 is 10.0 Å². The lowest BCUT2D eigenvalue weighted by atomic mass is 10.2. The van der Waals surface area contributed by atoms with Gasteiger partial charge in [-0.1, -0.05) is 6.92 Å². The van der Waals surface area contributed by atoms with Gasteiger partial charge >= 0.3 is 0 Å². The second kappa shape index (κ2) is 5.38. The summed E-state index contributed by atoms with van der Waals surface area (Å²) in [5, 5.41) is 0.0468. The molecule has 1 atom stereocenters. The third-order valence-electron chi connectivity index (χ3n) is 3.35. The summed E-state index contributed by atoms with van der Waals surface area (Å²) < 4.78 is 26.6. The monoisotopic (exact) mass is 272 g/mol. The standard InChI is InChI=1S/C11H20N4O2S/c1-3-10-9-14(2)7-4-8-15(10)18(16,17)11-12-5-6-13-11/h5-6,10H,3-4,7-9H2,1-2H3,(H,12,13). The quantitative estimate of drug-likeness (QED) is 0.870. The van der Waals surface area contributed by atoms with Gasteiger partial charge in [-0.2, -0.15) is 4.31 Å². The molecule has 18 heavy (non-hydrogen) atoms. The first kappa shape index (κ1) is 13.5. The minimum atomic E-state index is -3.49. The van der Waals surface area contributed by atoms with Crippen LogP contribution in [0.25, 0.3) is 0 Å². The molecule has 1 aliphatic rings. The van der Waals surface area contributed by atoms with E-state index in [1.165, 1.54) is 12.4 Å². The fraction of sp³-hybridized carbons (Fsp3) is 0.727. The number of hydrogen-bond donors (Lipinski definition) is 1. The molecular formula is C11H20N4O2S. The average Bonchev–Trinajstić information content (AvgIpc) is 2.80. The lowest BCUT2D eigenvalue weighted by molar-refractivity contribution is 0.269. The van der Waals surface area contributed by atoms with E-state index in [0.717, 1.165) is 25.9 Å². The van der Waals surface area contributed by atoms with Crippen LogP contribution in [0.5, 0.6) is 0 Å². The summed E-state index contributed by atoms with van der Waals surface area (Å²) in [5.41, 5.74) is 0. The highest BCUT2D eigenvalue weighted by atomic mass is 32.2.